The van der Waals surface area contributed by atoms with E-state index in [1.807, 2.05) is 42.5 Å². The van der Waals surface area contributed by atoms with Crippen LogP contribution in [0.4, 0.5) is 11.6 Å². The maximum atomic E-state index is 13.9. The number of nitrogens with zero attached hydrogens (tertiary/aromatic N) is 3. The number of fused-ring (bicyclic) bond motifs is 2. The first-order valence-electron chi connectivity index (χ1n) is 15.5. The molecule has 3 N–H and O–H groups in total. The zero-order valence-electron chi connectivity index (χ0n) is 25.3. The molecule has 4 aromatic carbocycles. The molecule has 0 radical (unpaired) electrons. The number of imidazole rings is 1. The Hall–Kier alpha value is -4.70. The van der Waals surface area contributed by atoms with Crippen LogP contribution in [0.25, 0.3) is 11.0 Å². The smallest absolute Gasteiger partial charge is 0.261 e. The minimum atomic E-state index is -1.82. The Morgan fingerprint density at radius 2 is 1.67 bits per heavy atom. The third-order valence-corrected chi connectivity index (χ3v) is 8.58. The number of piperidine rings is 1. The van der Waals surface area contributed by atoms with Gasteiger partial charge in [-0.15, -0.1) is 12.4 Å². The standard InChI is InChI=1S/C36H35N5O4.ClH/c42-33(17-10-22-40-20-7-2-8-21-40)39-35-37-31-19-18-25(23-32(31)38-35)36(44)30-16-6-5-15-29(30)34(43)41(36)26-11-9-14-28(24-26)45-27-12-3-1-4-13-27;/h1,3-6,9,11-16,18-19,23-24,44H,2,7-8,10,17,20-22H2,(H2,37,38,39,42);1H. The molecule has 236 valence electrons. The van der Waals surface area contributed by atoms with Crippen molar-refractivity contribution in [3.05, 3.63) is 114 Å². The molecule has 1 atom stereocenters. The lowest BCUT2D eigenvalue weighted by Crippen LogP contribution is -2.45. The second kappa shape index (κ2) is 13.3. The summed E-state index contributed by atoms with van der Waals surface area (Å²) < 4.78 is 6.04. The van der Waals surface area contributed by atoms with Crippen LogP contribution in [0.15, 0.2) is 97.1 Å². The van der Waals surface area contributed by atoms with E-state index in [1.165, 1.54) is 24.2 Å². The Bertz CT molecular complexity index is 1860. The molecule has 46 heavy (non-hydrogen) atoms. The molecule has 3 heterocycles. The minimum Gasteiger partial charge on any atom is -0.457 e. The highest BCUT2D eigenvalue weighted by Crippen LogP contribution is 2.46. The number of rotatable bonds is 9. The Labute approximate surface area is 273 Å². The number of aromatic nitrogens is 2. The summed E-state index contributed by atoms with van der Waals surface area (Å²) in [5.41, 5.74) is 1.27. The number of ether oxygens (including phenoxy) is 1. The Balaban J connectivity index is 0.00000372. The first-order chi connectivity index (χ1) is 22.0. The predicted molar refractivity (Wildman–Crippen MR) is 181 cm³/mol. The molecule has 2 amide bonds. The van der Waals surface area contributed by atoms with E-state index >= 15 is 0 Å². The summed E-state index contributed by atoms with van der Waals surface area (Å²) in [6.07, 6.45) is 4.97. The number of aromatic amines is 1. The van der Waals surface area contributed by atoms with E-state index in [9.17, 15) is 14.7 Å². The van der Waals surface area contributed by atoms with Crippen molar-refractivity contribution in [2.45, 2.75) is 37.8 Å². The average Bonchev–Trinajstić information content (AvgIpc) is 3.57. The number of likely N-dealkylation sites (tertiary alicyclic amines) is 1. The molecule has 0 bridgehead atoms. The van der Waals surface area contributed by atoms with Gasteiger partial charge in [-0.05, 0) is 81.4 Å². The van der Waals surface area contributed by atoms with E-state index in [2.05, 4.69) is 20.2 Å². The van der Waals surface area contributed by atoms with E-state index < -0.39 is 5.72 Å². The zero-order chi connectivity index (χ0) is 30.8. The van der Waals surface area contributed by atoms with Crippen LogP contribution in [0.2, 0.25) is 0 Å². The van der Waals surface area contributed by atoms with Crippen molar-refractivity contribution >= 4 is 46.9 Å². The van der Waals surface area contributed by atoms with Crippen LogP contribution in [0.3, 0.4) is 0 Å². The number of para-hydroxylation sites is 1. The number of benzene rings is 4. The number of nitrogens with one attached hydrogen (secondary N) is 2. The Morgan fingerprint density at radius 1 is 0.913 bits per heavy atom. The van der Waals surface area contributed by atoms with Crippen LogP contribution in [0.1, 0.15) is 53.6 Å². The maximum absolute atomic E-state index is 13.9. The normalized spacial score (nSPS) is 17.8. The number of anilines is 2. The molecule has 1 fully saturated rings. The van der Waals surface area contributed by atoms with Gasteiger partial charge in [0, 0.05) is 29.2 Å². The van der Waals surface area contributed by atoms with Gasteiger partial charge in [0.15, 0.2) is 5.72 Å². The molecule has 10 heteroatoms. The molecule has 1 saturated heterocycles. The summed E-state index contributed by atoms with van der Waals surface area (Å²) in [6.45, 7) is 3.15. The van der Waals surface area contributed by atoms with Crippen LogP contribution in [-0.4, -0.2) is 51.4 Å². The molecule has 0 saturated carbocycles. The number of amides is 2. The van der Waals surface area contributed by atoms with Gasteiger partial charge in [0.2, 0.25) is 11.9 Å². The van der Waals surface area contributed by atoms with Gasteiger partial charge in [-0.3, -0.25) is 19.8 Å². The molecule has 2 aliphatic heterocycles. The number of aliphatic hydroxyl groups is 1. The van der Waals surface area contributed by atoms with Crippen molar-refractivity contribution in [2.75, 3.05) is 29.9 Å². The van der Waals surface area contributed by atoms with Gasteiger partial charge in [-0.1, -0.05) is 55.0 Å². The van der Waals surface area contributed by atoms with Crippen LogP contribution >= 0.6 is 12.4 Å². The summed E-state index contributed by atoms with van der Waals surface area (Å²) in [7, 11) is 0. The SMILES string of the molecule is Cl.O=C(CCCN1CCCCC1)Nc1nc2cc(C3(O)c4ccccc4C(=O)N3c3cccc(Oc4ccccc4)c3)ccc2[nH]1. The van der Waals surface area contributed by atoms with Crippen molar-refractivity contribution in [3.63, 3.8) is 0 Å². The van der Waals surface area contributed by atoms with E-state index in [-0.39, 0.29) is 24.2 Å². The lowest BCUT2D eigenvalue weighted by atomic mass is 9.93. The number of halogens is 1. The number of hydrogen-bond acceptors (Lipinski definition) is 6. The third kappa shape index (κ3) is 6.09. The van der Waals surface area contributed by atoms with E-state index in [0.717, 1.165) is 26.1 Å². The van der Waals surface area contributed by atoms with Crippen molar-refractivity contribution in [1.82, 2.24) is 14.9 Å². The van der Waals surface area contributed by atoms with Gasteiger partial charge in [-0.2, -0.15) is 0 Å². The number of carbonyl (C=O) groups excluding carboxylic acids is 2. The van der Waals surface area contributed by atoms with E-state index in [0.29, 0.717) is 57.3 Å². The van der Waals surface area contributed by atoms with Crippen LogP contribution in [0, 0.1) is 0 Å². The first kappa shape index (κ1) is 31.3. The second-order valence-corrected chi connectivity index (χ2v) is 11.6. The largest absolute Gasteiger partial charge is 0.457 e. The van der Waals surface area contributed by atoms with Crippen molar-refractivity contribution in [1.29, 1.82) is 0 Å². The third-order valence-electron chi connectivity index (χ3n) is 8.58. The van der Waals surface area contributed by atoms with Crippen LogP contribution in [-0.2, 0) is 10.5 Å². The molecular weight excluding hydrogens is 602 g/mol. The highest BCUT2D eigenvalue weighted by Gasteiger charge is 2.50. The molecule has 7 rings (SSSR count). The molecule has 9 nitrogen and oxygen atoms in total. The zero-order valence-corrected chi connectivity index (χ0v) is 26.1. The van der Waals surface area contributed by atoms with Crippen LogP contribution < -0.4 is 15.0 Å². The topological polar surface area (TPSA) is 111 Å². The van der Waals surface area contributed by atoms with Gasteiger partial charge in [0.1, 0.15) is 11.5 Å². The molecule has 2 aliphatic rings. The number of H-pyrrole nitrogens is 1. The van der Waals surface area contributed by atoms with Gasteiger partial charge < -0.3 is 19.7 Å². The Kier molecular flexibility index (Phi) is 9.08. The summed E-state index contributed by atoms with van der Waals surface area (Å²) >= 11 is 0. The fourth-order valence-electron chi connectivity index (χ4n) is 6.38. The summed E-state index contributed by atoms with van der Waals surface area (Å²) in [5, 5.41) is 15.4. The lowest BCUT2D eigenvalue weighted by molar-refractivity contribution is -0.116. The number of hydrogen-bond donors (Lipinski definition) is 3. The fraction of sp³-hybridized carbons (Fsp3) is 0.250. The van der Waals surface area contributed by atoms with E-state index in [1.54, 1.807) is 54.6 Å². The molecular formula is C36H36ClN5O4. The van der Waals surface area contributed by atoms with E-state index in [4.69, 9.17) is 4.74 Å². The predicted octanol–water partition coefficient (Wildman–Crippen LogP) is 6.84. The molecule has 0 aliphatic carbocycles. The highest BCUT2D eigenvalue weighted by molar-refractivity contribution is 6.12. The molecule has 0 spiro atoms. The van der Waals surface area contributed by atoms with Crippen LogP contribution in [0.5, 0.6) is 11.5 Å². The van der Waals surface area contributed by atoms with Crippen molar-refractivity contribution in [3.8, 4) is 11.5 Å². The average molecular weight is 638 g/mol. The summed E-state index contributed by atoms with van der Waals surface area (Å²) in [4.78, 5) is 38.2. The van der Waals surface area contributed by atoms with Crippen molar-refractivity contribution in [2.24, 2.45) is 0 Å². The second-order valence-electron chi connectivity index (χ2n) is 11.6. The molecule has 1 unspecified atom stereocenters. The first-order valence-corrected chi connectivity index (χ1v) is 15.5. The van der Waals surface area contributed by atoms with Gasteiger partial charge in [-0.25, -0.2) is 4.98 Å². The summed E-state index contributed by atoms with van der Waals surface area (Å²) in [5.74, 6) is 1.12. The number of carbonyl (C=O) groups is 2. The minimum absolute atomic E-state index is 0. The quantitative estimate of drug-likeness (QED) is 0.163. The Morgan fingerprint density at radius 3 is 2.50 bits per heavy atom. The monoisotopic (exact) mass is 637 g/mol. The van der Waals surface area contributed by atoms with Gasteiger partial charge >= 0.3 is 0 Å². The summed E-state index contributed by atoms with van der Waals surface area (Å²) in [6, 6.07) is 28.9. The molecule has 5 aromatic rings. The lowest BCUT2D eigenvalue weighted by Gasteiger charge is -2.35. The van der Waals surface area contributed by atoms with Gasteiger partial charge in [0.25, 0.3) is 5.91 Å². The van der Waals surface area contributed by atoms with Gasteiger partial charge in [0.05, 0.1) is 16.7 Å². The van der Waals surface area contributed by atoms with Crippen molar-refractivity contribution < 1.29 is 19.4 Å². The fourth-order valence-corrected chi connectivity index (χ4v) is 6.38. The maximum Gasteiger partial charge on any atom is 0.261 e. The highest BCUT2D eigenvalue weighted by atomic mass is 35.5. The molecule has 1 aromatic heterocycles.